The van der Waals surface area contributed by atoms with Crippen molar-refractivity contribution in [1.82, 2.24) is 24.4 Å². The van der Waals surface area contributed by atoms with Crippen molar-refractivity contribution in [1.29, 1.82) is 0 Å². The van der Waals surface area contributed by atoms with Crippen LogP contribution in [0, 0.1) is 5.82 Å². The van der Waals surface area contributed by atoms with Crippen LogP contribution in [0.1, 0.15) is 36.0 Å². The SMILES string of the molecule is CN1CCN(CCCNC(=O)c2cn3c4cc5c(=O)c6ccccc6c(=O)c5cc4oc4c(NCCC5CCCN5C)c(F)cc(c2=O)c43)CC1. The molecule has 2 aromatic heterocycles. The predicted molar refractivity (Wildman–Crippen MR) is 199 cm³/mol. The van der Waals surface area contributed by atoms with Gasteiger partial charge in [0.05, 0.1) is 10.9 Å². The van der Waals surface area contributed by atoms with Crippen molar-refractivity contribution in [3.8, 4) is 0 Å². The van der Waals surface area contributed by atoms with Crippen molar-refractivity contribution >= 4 is 60.7 Å². The van der Waals surface area contributed by atoms with Crippen molar-refractivity contribution < 1.29 is 13.6 Å². The van der Waals surface area contributed by atoms with E-state index in [9.17, 15) is 19.2 Å². The van der Waals surface area contributed by atoms with Crippen LogP contribution in [0.2, 0.25) is 0 Å². The number of amides is 1. The number of rotatable bonds is 9. The number of likely N-dealkylation sites (tertiary alicyclic amines) is 1. The quantitative estimate of drug-likeness (QED) is 0.131. The zero-order valence-electron chi connectivity index (χ0n) is 28.9. The van der Waals surface area contributed by atoms with Crippen LogP contribution in [0.15, 0.2) is 67.5 Å². The van der Waals surface area contributed by atoms with Gasteiger partial charge in [0.1, 0.15) is 16.8 Å². The monoisotopic (exact) mass is 692 g/mol. The molecule has 0 saturated carbocycles. The topological polar surface area (TPSA) is 120 Å². The molecule has 2 aliphatic heterocycles. The average molecular weight is 693 g/mol. The first kappa shape index (κ1) is 33.2. The Bertz CT molecular complexity index is 2510. The first-order valence-electron chi connectivity index (χ1n) is 17.8. The van der Waals surface area contributed by atoms with E-state index in [0.717, 1.165) is 64.6 Å². The number of carbonyl (C=O) groups excluding carboxylic acids is 1. The Kier molecular flexibility index (Phi) is 8.69. The van der Waals surface area contributed by atoms with Crippen molar-refractivity contribution in [2.45, 2.75) is 31.7 Å². The summed E-state index contributed by atoms with van der Waals surface area (Å²) in [5, 5.41) is 7.05. The van der Waals surface area contributed by atoms with E-state index in [0.29, 0.717) is 41.8 Å². The summed E-state index contributed by atoms with van der Waals surface area (Å²) in [7, 11) is 4.19. The molecule has 4 aromatic carbocycles. The lowest BCUT2D eigenvalue weighted by Gasteiger charge is -2.32. The second kappa shape index (κ2) is 13.3. The minimum absolute atomic E-state index is 0.0233. The maximum Gasteiger partial charge on any atom is 0.256 e. The predicted octanol–water partition coefficient (Wildman–Crippen LogP) is 4.07. The van der Waals surface area contributed by atoms with Gasteiger partial charge >= 0.3 is 0 Å². The van der Waals surface area contributed by atoms with E-state index in [1.54, 1.807) is 34.7 Å². The van der Waals surface area contributed by atoms with Gasteiger partial charge in [0, 0.05) is 73.1 Å². The van der Waals surface area contributed by atoms with Crippen LogP contribution in [-0.2, 0) is 0 Å². The standard InChI is InChI=1S/C39H41FN6O5/c1-43-15-17-45(18-16-43)14-6-11-42-39(50)29-22-46-31-20-26-27(36(48)25-9-4-3-8-24(25)35(26)47)21-32(31)51-38-33(30(40)19-28(34(38)46)37(29)49)41-12-10-23-7-5-13-44(23)2/h3-4,8-9,19-23,41H,5-7,10-18H2,1-2H3,(H,42,50). The highest BCUT2D eigenvalue weighted by molar-refractivity contribution is 6.08. The summed E-state index contributed by atoms with van der Waals surface area (Å²) in [5.41, 5.74) is -0.401. The number of nitrogens with one attached hydrogen (secondary N) is 2. The van der Waals surface area contributed by atoms with Crippen LogP contribution < -0.4 is 26.9 Å². The van der Waals surface area contributed by atoms with E-state index >= 15 is 4.39 Å². The van der Waals surface area contributed by atoms with E-state index < -0.39 is 17.2 Å². The number of carbonyl (C=O) groups is 1. The lowest BCUT2D eigenvalue weighted by atomic mass is 10.0. The molecular weight excluding hydrogens is 651 g/mol. The maximum absolute atomic E-state index is 16.1. The molecule has 0 bridgehead atoms. The Labute approximate surface area is 292 Å². The molecule has 0 spiro atoms. The van der Waals surface area contributed by atoms with E-state index in [1.165, 1.54) is 12.3 Å². The zero-order valence-corrected chi connectivity index (χ0v) is 28.9. The lowest BCUT2D eigenvalue weighted by Crippen LogP contribution is -2.45. The minimum atomic E-state index is -0.688. The number of nitrogens with zero attached hydrogens (tertiary/aromatic N) is 4. The fourth-order valence-corrected chi connectivity index (χ4v) is 7.91. The van der Waals surface area contributed by atoms with Gasteiger partial charge in [0.2, 0.25) is 5.43 Å². The molecule has 2 N–H and O–H groups in total. The Morgan fingerprint density at radius 3 is 2.31 bits per heavy atom. The number of anilines is 1. The zero-order chi connectivity index (χ0) is 35.4. The molecule has 1 atom stereocenters. The van der Waals surface area contributed by atoms with Crippen LogP contribution in [-0.4, -0.2) is 97.5 Å². The van der Waals surface area contributed by atoms with Gasteiger partial charge < -0.3 is 34.2 Å². The number of fused-ring (bicyclic) bond motifs is 4. The number of piperazine rings is 1. The number of hydrogen-bond donors (Lipinski definition) is 2. The van der Waals surface area contributed by atoms with Gasteiger partial charge in [-0.15, -0.1) is 0 Å². The third-order valence-corrected chi connectivity index (χ3v) is 10.9. The van der Waals surface area contributed by atoms with E-state index in [2.05, 4.69) is 39.4 Å². The first-order chi connectivity index (χ1) is 24.7. The number of pyridine rings is 1. The highest BCUT2D eigenvalue weighted by Gasteiger charge is 2.25. The smallest absolute Gasteiger partial charge is 0.256 e. The molecule has 2 aliphatic rings. The van der Waals surface area contributed by atoms with Gasteiger partial charge in [0.15, 0.2) is 27.8 Å². The highest BCUT2D eigenvalue weighted by atomic mass is 19.1. The molecule has 4 heterocycles. The molecule has 11 nitrogen and oxygen atoms in total. The summed E-state index contributed by atoms with van der Waals surface area (Å²) in [6, 6.07) is 11.3. The van der Waals surface area contributed by atoms with E-state index in [1.807, 2.05) is 0 Å². The number of hydrogen-bond acceptors (Lipinski definition) is 9. The van der Waals surface area contributed by atoms with Crippen molar-refractivity contribution in [2.24, 2.45) is 0 Å². The van der Waals surface area contributed by atoms with Crippen LogP contribution >= 0.6 is 0 Å². The lowest BCUT2D eigenvalue weighted by molar-refractivity contribution is 0.0948. The fourth-order valence-electron chi connectivity index (χ4n) is 7.91. The minimum Gasteiger partial charge on any atom is -0.451 e. The molecular formula is C39H41FN6O5. The van der Waals surface area contributed by atoms with Crippen LogP contribution in [0.5, 0.6) is 0 Å². The summed E-state index contributed by atoms with van der Waals surface area (Å²) >= 11 is 0. The van der Waals surface area contributed by atoms with Crippen molar-refractivity contribution in [3.05, 3.63) is 90.7 Å². The van der Waals surface area contributed by atoms with Crippen LogP contribution in [0.3, 0.4) is 0 Å². The third-order valence-electron chi connectivity index (χ3n) is 10.9. The summed E-state index contributed by atoms with van der Waals surface area (Å²) in [5.74, 6) is -1.26. The van der Waals surface area contributed by atoms with E-state index in [4.69, 9.17) is 4.42 Å². The number of likely N-dealkylation sites (N-methyl/N-ethyl adjacent to an activating group) is 1. The molecule has 8 rings (SSSR count). The molecule has 1 unspecified atom stereocenters. The van der Waals surface area contributed by atoms with Gasteiger partial charge in [-0.2, -0.15) is 0 Å². The molecule has 51 heavy (non-hydrogen) atoms. The summed E-state index contributed by atoms with van der Waals surface area (Å²) in [6.07, 6.45) is 5.12. The largest absolute Gasteiger partial charge is 0.451 e. The Morgan fingerprint density at radius 2 is 1.61 bits per heavy atom. The van der Waals surface area contributed by atoms with Gasteiger partial charge in [0.25, 0.3) is 5.91 Å². The molecule has 6 aromatic rings. The van der Waals surface area contributed by atoms with Gasteiger partial charge in [-0.3, -0.25) is 19.2 Å². The Morgan fingerprint density at radius 1 is 0.882 bits per heavy atom. The van der Waals surface area contributed by atoms with Crippen molar-refractivity contribution in [2.75, 3.05) is 71.8 Å². The normalized spacial score (nSPS) is 17.8. The fraction of sp³-hybridized carbons (Fsp3) is 0.385. The van der Waals surface area contributed by atoms with Crippen LogP contribution in [0.4, 0.5) is 10.1 Å². The molecule has 2 fully saturated rings. The maximum atomic E-state index is 16.1. The second-order valence-electron chi connectivity index (χ2n) is 14.1. The number of aromatic nitrogens is 1. The van der Waals surface area contributed by atoms with Gasteiger partial charge in [-0.05, 0) is 71.1 Å². The van der Waals surface area contributed by atoms with E-state index in [-0.39, 0.29) is 54.9 Å². The second-order valence-corrected chi connectivity index (χ2v) is 14.1. The highest BCUT2D eigenvalue weighted by Crippen LogP contribution is 2.35. The first-order valence-corrected chi connectivity index (χ1v) is 17.8. The molecule has 2 saturated heterocycles. The Hall–Kier alpha value is -4.91. The van der Waals surface area contributed by atoms with Crippen molar-refractivity contribution in [3.63, 3.8) is 0 Å². The number of benzene rings is 4. The third kappa shape index (κ3) is 5.90. The summed E-state index contributed by atoms with van der Waals surface area (Å²) < 4.78 is 24.1. The van der Waals surface area contributed by atoms with Gasteiger partial charge in [-0.1, -0.05) is 24.3 Å². The average Bonchev–Trinajstić information content (AvgIpc) is 3.55. The molecule has 0 radical (unpaired) electrons. The van der Waals surface area contributed by atoms with Crippen LogP contribution in [0.25, 0.3) is 49.1 Å². The molecule has 1 amide bonds. The Balaban J connectivity index is 1.25. The van der Waals surface area contributed by atoms with Gasteiger partial charge in [-0.25, -0.2) is 4.39 Å². The molecule has 0 aliphatic carbocycles. The molecule has 264 valence electrons. The molecule has 12 heteroatoms. The summed E-state index contributed by atoms with van der Waals surface area (Å²) in [6.45, 7) is 6.60. The summed E-state index contributed by atoms with van der Waals surface area (Å²) in [4.78, 5) is 61.8. The number of halogens is 1.